The fourth-order valence-electron chi connectivity index (χ4n) is 2.23. The molecular formula is C16H13ClN2O. The molecule has 0 aliphatic heterocycles. The van der Waals surface area contributed by atoms with Crippen LogP contribution < -0.4 is 10.5 Å². The number of hydrogen-bond acceptors (Lipinski definition) is 3. The minimum Gasteiger partial charge on any atom is -0.481 e. The van der Waals surface area contributed by atoms with Crippen molar-refractivity contribution in [3.63, 3.8) is 0 Å². The molecule has 0 atom stereocenters. The van der Waals surface area contributed by atoms with Crippen LogP contribution in [0.25, 0.3) is 22.0 Å². The standard InChI is InChI=1S/C16H13ClN2O/c1-20-16-10-6-4-8-14(18)12(10)9-15(19-16)11-5-2-3-7-13(11)17/h2-9H,18H2,1H3. The third-order valence-electron chi connectivity index (χ3n) is 3.22. The highest BCUT2D eigenvalue weighted by Gasteiger charge is 2.11. The lowest BCUT2D eigenvalue weighted by Crippen LogP contribution is -1.95. The molecule has 0 aliphatic rings. The van der Waals surface area contributed by atoms with E-state index in [2.05, 4.69) is 4.98 Å². The van der Waals surface area contributed by atoms with Crippen molar-refractivity contribution in [2.45, 2.75) is 0 Å². The van der Waals surface area contributed by atoms with Crippen molar-refractivity contribution < 1.29 is 4.74 Å². The van der Waals surface area contributed by atoms with Crippen molar-refractivity contribution in [2.24, 2.45) is 0 Å². The number of pyridine rings is 1. The Morgan fingerprint density at radius 2 is 1.85 bits per heavy atom. The van der Waals surface area contributed by atoms with Crippen molar-refractivity contribution in [1.29, 1.82) is 0 Å². The smallest absolute Gasteiger partial charge is 0.221 e. The number of rotatable bonds is 2. The predicted molar refractivity (Wildman–Crippen MR) is 83.2 cm³/mol. The van der Waals surface area contributed by atoms with E-state index in [1.165, 1.54) is 0 Å². The van der Waals surface area contributed by atoms with E-state index in [1.807, 2.05) is 48.5 Å². The van der Waals surface area contributed by atoms with Crippen molar-refractivity contribution in [3.8, 4) is 17.1 Å². The summed E-state index contributed by atoms with van der Waals surface area (Å²) in [6.07, 6.45) is 0. The van der Waals surface area contributed by atoms with Gasteiger partial charge >= 0.3 is 0 Å². The van der Waals surface area contributed by atoms with Crippen molar-refractivity contribution in [1.82, 2.24) is 4.98 Å². The van der Waals surface area contributed by atoms with Crippen LogP contribution in [0.5, 0.6) is 5.88 Å². The van der Waals surface area contributed by atoms with Crippen molar-refractivity contribution >= 4 is 28.1 Å². The summed E-state index contributed by atoms with van der Waals surface area (Å²) < 4.78 is 5.37. The summed E-state index contributed by atoms with van der Waals surface area (Å²) in [6.45, 7) is 0. The van der Waals surface area contributed by atoms with Crippen LogP contribution in [0, 0.1) is 0 Å². The quantitative estimate of drug-likeness (QED) is 0.719. The lowest BCUT2D eigenvalue weighted by atomic mass is 10.1. The number of ether oxygens (including phenoxy) is 1. The summed E-state index contributed by atoms with van der Waals surface area (Å²) in [5, 5.41) is 2.45. The van der Waals surface area contributed by atoms with Gasteiger partial charge in [0.25, 0.3) is 0 Å². The highest BCUT2D eigenvalue weighted by atomic mass is 35.5. The van der Waals surface area contributed by atoms with Crippen LogP contribution >= 0.6 is 11.6 Å². The van der Waals surface area contributed by atoms with Crippen LogP contribution in [0.4, 0.5) is 5.69 Å². The van der Waals surface area contributed by atoms with E-state index in [0.717, 1.165) is 22.0 Å². The zero-order valence-corrected chi connectivity index (χ0v) is 11.7. The number of methoxy groups -OCH3 is 1. The molecule has 0 saturated carbocycles. The number of nitrogen functional groups attached to an aromatic ring is 1. The molecule has 0 saturated heterocycles. The Morgan fingerprint density at radius 3 is 2.60 bits per heavy atom. The summed E-state index contributed by atoms with van der Waals surface area (Å²) >= 11 is 6.23. The average Bonchev–Trinajstić information content (AvgIpc) is 2.47. The van der Waals surface area contributed by atoms with E-state index in [1.54, 1.807) is 7.11 Å². The Morgan fingerprint density at radius 1 is 1.05 bits per heavy atom. The van der Waals surface area contributed by atoms with Gasteiger partial charge in [-0.2, -0.15) is 0 Å². The molecule has 3 aromatic rings. The van der Waals surface area contributed by atoms with Gasteiger partial charge in [0, 0.05) is 27.0 Å². The molecule has 1 aromatic heterocycles. The van der Waals surface area contributed by atoms with Gasteiger partial charge in [0.05, 0.1) is 12.8 Å². The number of benzene rings is 2. The normalized spacial score (nSPS) is 10.7. The first-order valence-corrected chi connectivity index (χ1v) is 6.56. The Balaban J connectivity index is 2.33. The summed E-state index contributed by atoms with van der Waals surface area (Å²) in [7, 11) is 1.60. The topological polar surface area (TPSA) is 48.1 Å². The van der Waals surface area contributed by atoms with Crippen LogP contribution in [0.15, 0.2) is 48.5 Å². The van der Waals surface area contributed by atoms with Crippen LogP contribution in [-0.2, 0) is 0 Å². The number of nitrogens with zero attached hydrogens (tertiary/aromatic N) is 1. The molecule has 4 heteroatoms. The van der Waals surface area contributed by atoms with Gasteiger partial charge in [-0.05, 0) is 24.3 Å². The van der Waals surface area contributed by atoms with Crippen LogP contribution in [0.1, 0.15) is 0 Å². The van der Waals surface area contributed by atoms with Gasteiger partial charge in [0.1, 0.15) is 0 Å². The molecule has 2 aromatic carbocycles. The van der Waals surface area contributed by atoms with Gasteiger partial charge < -0.3 is 10.5 Å². The molecule has 20 heavy (non-hydrogen) atoms. The molecule has 0 fully saturated rings. The molecule has 2 N–H and O–H groups in total. The number of hydrogen-bond donors (Lipinski definition) is 1. The number of anilines is 1. The maximum atomic E-state index is 6.23. The van der Waals surface area contributed by atoms with Crippen LogP contribution in [0.2, 0.25) is 5.02 Å². The van der Waals surface area contributed by atoms with E-state index in [0.29, 0.717) is 16.6 Å². The van der Waals surface area contributed by atoms with Crippen molar-refractivity contribution in [3.05, 3.63) is 53.6 Å². The van der Waals surface area contributed by atoms with Crippen LogP contribution in [0.3, 0.4) is 0 Å². The fourth-order valence-corrected chi connectivity index (χ4v) is 2.46. The minimum absolute atomic E-state index is 0.546. The highest BCUT2D eigenvalue weighted by Crippen LogP contribution is 2.34. The molecule has 0 aliphatic carbocycles. The monoisotopic (exact) mass is 284 g/mol. The molecular weight excluding hydrogens is 272 g/mol. The second-order valence-corrected chi connectivity index (χ2v) is 4.85. The highest BCUT2D eigenvalue weighted by molar-refractivity contribution is 6.33. The predicted octanol–water partition coefficient (Wildman–Crippen LogP) is 4.15. The zero-order valence-electron chi connectivity index (χ0n) is 10.9. The Kier molecular flexibility index (Phi) is 3.20. The molecule has 0 amide bonds. The fraction of sp³-hybridized carbons (Fsp3) is 0.0625. The van der Waals surface area contributed by atoms with Gasteiger partial charge in [-0.3, -0.25) is 0 Å². The van der Waals surface area contributed by atoms with Gasteiger partial charge in [0.2, 0.25) is 5.88 Å². The first-order chi connectivity index (χ1) is 9.70. The minimum atomic E-state index is 0.546. The summed E-state index contributed by atoms with van der Waals surface area (Å²) in [5.74, 6) is 0.546. The molecule has 1 heterocycles. The lowest BCUT2D eigenvalue weighted by Gasteiger charge is -2.10. The first-order valence-electron chi connectivity index (χ1n) is 6.19. The Labute approximate surface area is 122 Å². The molecule has 3 nitrogen and oxygen atoms in total. The van der Waals surface area contributed by atoms with Gasteiger partial charge in [-0.15, -0.1) is 0 Å². The molecule has 0 bridgehead atoms. The number of aromatic nitrogens is 1. The van der Waals surface area contributed by atoms with E-state index in [9.17, 15) is 0 Å². The van der Waals surface area contributed by atoms with E-state index < -0.39 is 0 Å². The number of halogens is 1. The van der Waals surface area contributed by atoms with E-state index >= 15 is 0 Å². The first kappa shape index (κ1) is 12.8. The second-order valence-electron chi connectivity index (χ2n) is 4.44. The third-order valence-corrected chi connectivity index (χ3v) is 3.55. The number of fused-ring (bicyclic) bond motifs is 1. The van der Waals surface area contributed by atoms with Gasteiger partial charge in [-0.25, -0.2) is 4.98 Å². The average molecular weight is 285 g/mol. The SMILES string of the molecule is COc1nc(-c2ccccc2Cl)cc2c(N)cccc12. The van der Waals surface area contributed by atoms with Crippen molar-refractivity contribution in [2.75, 3.05) is 12.8 Å². The Bertz CT molecular complexity index is 787. The molecule has 0 unspecified atom stereocenters. The summed E-state index contributed by atoms with van der Waals surface area (Å²) in [6, 6.07) is 15.2. The van der Waals surface area contributed by atoms with Crippen LogP contribution in [-0.4, -0.2) is 12.1 Å². The zero-order chi connectivity index (χ0) is 14.1. The van der Waals surface area contributed by atoms with Gasteiger partial charge in [-0.1, -0.05) is 35.9 Å². The largest absolute Gasteiger partial charge is 0.481 e. The molecule has 3 rings (SSSR count). The second kappa shape index (κ2) is 5.02. The molecule has 0 radical (unpaired) electrons. The molecule has 0 spiro atoms. The maximum Gasteiger partial charge on any atom is 0.221 e. The maximum absolute atomic E-state index is 6.23. The van der Waals surface area contributed by atoms with E-state index in [-0.39, 0.29) is 0 Å². The summed E-state index contributed by atoms with van der Waals surface area (Å²) in [4.78, 5) is 4.53. The third kappa shape index (κ3) is 2.06. The van der Waals surface area contributed by atoms with E-state index in [4.69, 9.17) is 22.1 Å². The van der Waals surface area contributed by atoms with Gasteiger partial charge in [0.15, 0.2) is 0 Å². The Hall–Kier alpha value is -2.26. The summed E-state index contributed by atoms with van der Waals surface area (Å²) in [5.41, 5.74) is 8.35. The molecule has 100 valence electrons. The lowest BCUT2D eigenvalue weighted by molar-refractivity contribution is 0.404. The number of nitrogens with two attached hydrogens (primary N) is 1.